The Labute approximate surface area is 166 Å². The van der Waals surface area contributed by atoms with E-state index >= 15 is 0 Å². The van der Waals surface area contributed by atoms with Crippen molar-refractivity contribution >= 4 is 17.0 Å². The maximum absolute atomic E-state index is 13.3. The molecule has 1 atom stereocenters. The molecule has 8 heteroatoms. The summed E-state index contributed by atoms with van der Waals surface area (Å²) in [6.45, 7) is 5.57. The van der Waals surface area contributed by atoms with Gasteiger partial charge in [0.15, 0.2) is 0 Å². The lowest BCUT2D eigenvalue weighted by Gasteiger charge is -2.14. The van der Waals surface area contributed by atoms with Gasteiger partial charge in [0.05, 0.1) is 34.1 Å². The summed E-state index contributed by atoms with van der Waals surface area (Å²) >= 11 is 0. The van der Waals surface area contributed by atoms with Crippen LogP contribution in [0.15, 0.2) is 41.1 Å². The van der Waals surface area contributed by atoms with Crippen molar-refractivity contribution in [2.24, 2.45) is 7.05 Å². The number of hydrogen-bond acceptors (Lipinski definition) is 5. The average molecular weight is 393 g/mol. The van der Waals surface area contributed by atoms with E-state index < -0.39 is 0 Å². The van der Waals surface area contributed by atoms with Crippen LogP contribution in [-0.4, -0.2) is 25.8 Å². The zero-order chi connectivity index (χ0) is 20.7. The number of rotatable bonds is 4. The molecule has 0 bridgehead atoms. The fourth-order valence-electron chi connectivity index (χ4n) is 3.44. The molecule has 3 aromatic heterocycles. The molecule has 0 saturated carbocycles. The quantitative estimate of drug-likeness (QED) is 0.569. The van der Waals surface area contributed by atoms with Gasteiger partial charge in [-0.15, -0.1) is 0 Å². The van der Waals surface area contributed by atoms with Gasteiger partial charge in [0.25, 0.3) is 11.6 Å². The summed E-state index contributed by atoms with van der Waals surface area (Å²) in [4.78, 5) is 17.6. The number of hydrogen-bond donors (Lipinski definition) is 1. The predicted molar refractivity (Wildman–Crippen MR) is 106 cm³/mol. The summed E-state index contributed by atoms with van der Waals surface area (Å²) in [5.41, 5.74) is 4.21. The summed E-state index contributed by atoms with van der Waals surface area (Å²) < 4.78 is 20.3. The molecular weight excluding hydrogens is 373 g/mol. The third kappa shape index (κ3) is 3.49. The Balaban J connectivity index is 1.75. The number of aryl methyl sites for hydroxylation is 3. The smallest absolute Gasteiger partial charge is 0.259 e. The Morgan fingerprint density at radius 1 is 1.21 bits per heavy atom. The molecule has 4 rings (SSSR count). The minimum atomic E-state index is -0.344. The molecule has 0 aliphatic heterocycles. The largest absolute Gasteiger partial charge is 0.345 e. The molecule has 7 nitrogen and oxygen atoms in total. The van der Waals surface area contributed by atoms with Gasteiger partial charge in [0.2, 0.25) is 0 Å². The Bertz CT molecular complexity index is 1210. The van der Waals surface area contributed by atoms with E-state index in [0.29, 0.717) is 27.9 Å². The van der Waals surface area contributed by atoms with E-state index in [0.717, 1.165) is 11.3 Å². The van der Waals surface area contributed by atoms with Gasteiger partial charge in [-0.25, -0.2) is 9.37 Å². The van der Waals surface area contributed by atoms with Crippen LogP contribution in [0.3, 0.4) is 0 Å². The van der Waals surface area contributed by atoms with E-state index in [9.17, 15) is 9.18 Å². The van der Waals surface area contributed by atoms with E-state index in [2.05, 4.69) is 20.6 Å². The highest BCUT2D eigenvalue weighted by Gasteiger charge is 2.22. The molecule has 0 aliphatic rings. The molecule has 148 valence electrons. The van der Waals surface area contributed by atoms with Gasteiger partial charge in [-0.1, -0.05) is 5.16 Å². The predicted octanol–water partition coefficient (Wildman–Crippen LogP) is 3.87. The van der Waals surface area contributed by atoms with Crippen LogP contribution in [-0.2, 0) is 7.05 Å². The summed E-state index contributed by atoms with van der Waals surface area (Å²) in [5.74, 6) is -0.619. The lowest BCUT2D eigenvalue weighted by Crippen LogP contribution is -2.27. The molecule has 0 unspecified atom stereocenters. The van der Waals surface area contributed by atoms with Crippen molar-refractivity contribution < 1.29 is 13.7 Å². The fraction of sp³-hybridized carbons (Fsp3) is 0.238. The highest BCUT2D eigenvalue weighted by Crippen LogP contribution is 2.28. The zero-order valence-electron chi connectivity index (χ0n) is 16.5. The molecular formula is C21H20FN5O2. The number of pyridine rings is 1. The minimum Gasteiger partial charge on any atom is -0.345 e. The molecule has 0 radical (unpaired) electrons. The number of halogens is 1. The summed E-state index contributed by atoms with van der Waals surface area (Å²) in [5, 5.41) is 11.9. The topological polar surface area (TPSA) is 85.8 Å². The number of amides is 1. The number of carbonyl (C=O) groups excluding carboxylic acids is 1. The Morgan fingerprint density at radius 2 is 1.93 bits per heavy atom. The Kier molecular flexibility index (Phi) is 4.62. The van der Waals surface area contributed by atoms with Crippen molar-refractivity contribution in [3.8, 4) is 11.3 Å². The van der Waals surface area contributed by atoms with Gasteiger partial charge in [0, 0.05) is 24.4 Å². The molecule has 0 saturated heterocycles. The van der Waals surface area contributed by atoms with Crippen molar-refractivity contribution in [1.29, 1.82) is 0 Å². The monoisotopic (exact) mass is 393 g/mol. The second kappa shape index (κ2) is 7.12. The van der Waals surface area contributed by atoms with Crippen LogP contribution in [0.4, 0.5) is 4.39 Å². The maximum Gasteiger partial charge on any atom is 0.259 e. The number of benzene rings is 1. The van der Waals surface area contributed by atoms with Gasteiger partial charge in [0.1, 0.15) is 5.82 Å². The van der Waals surface area contributed by atoms with E-state index in [1.165, 1.54) is 12.1 Å². The standard InChI is InChI=1S/C21H20FN5O2/c1-11(17-10-27(4)25-12(17)2)23-20(28)16-9-18(14-5-7-15(22)8-6-14)24-21-19(16)13(3)26-29-21/h5-11H,1-4H3,(H,23,28)/t11-/m0/s1. The average Bonchev–Trinajstić information content (AvgIpc) is 3.23. The van der Waals surface area contributed by atoms with Crippen molar-refractivity contribution in [2.75, 3.05) is 0 Å². The van der Waals surface area contributed by atoms with Crippen molar-refractivity contribution in [2.45, 2.75) is 26.8 Å². The number of nitrogens with zero attached hydrogens (tertiary/aromatic N) is 4. The molecule has 29 heavy (non-hydrogen) atoms. The van der Waals surface area contributed by atoms with Gasteiger partial charge in [-0.05, 0) is 51.1 Å². The lowest BCUT2D eigenvalue weighted by atomic mass is 10.0. The fourth-order valence-corrected chi connectivity index (χ4v) is 3.44. The normalized spacial score (nSPS) is 12.3. The second-order valence-electron chi connectivity index (χ2n) is 7.05. The van der Waals surface area contributed by atoms with Crippen LogP contribution >= 0.6 is 0 Å². The van der Waals surface area contributed by atoms with E-state index in [4.69, 9.17) is 4.52 Å². The zero-order valence-corrected chi connectivity index (χ0v) is 16.5. The number of aromatic nitrogens is 4. The first kappa shape index (κ1) is 18.8. The second-order valence-corrected chi connectivity index (χ2v) is 7.05. The summed E-state index contributed by atoms with van der Waals surface area (Å²) in [7, 11) is 1.84. The summed E-state index contributed by atoms with van der Waals surface area (Å²) in [6, 6.07) is 7.35. The van der Waals surface area contributed by atoms with E-state index in [-0.39, 0.29) is 23.5 Å². The lowest BCUT2D eigenvalue weighted by molar-refractivity contribution is 0.0941. The third-order valence-electron chi connectivity index (χ3n) is 4.87. The molecule has 0 fully saturated rings. The molecule has 1 aromatic carbocycles. The first-order valence-electron chi connectivity index (χ1n) is 9.17. The Hall–Kier alpha value is -3.55. The minimum absolute atomic E-state index is 0.242. The maximum atomic E-state index is 13.3. The number of carbonyl (C=O) groups is 1. The summed E-state index contributed by atoms with van der Waals surface area (Å²) in [6.07, 6.45) is 1.89. The van der Waals surface area contributed by atoms with Crippen LogP contribution in [0.1, 0.15) is 40.3 Å². The molecule has 0 aliphatic carbocycles. The Morgan fingerprint density at radius 3 is 2.59 bits per heavy atom. The SMILES string of the molecule is Cc1nn(C)cc1[C@H](C)NC(=O)c1cc(-c2ccc(F)cc2)nc2onc(C)c12. The van der Waals surface area contributed by atoms with Crippen LogP contribution in [0, 0.1) is 19.7 Å². The number of fused-ring (bicyclic) bond motifs is 1. The highest BCUT2D eigenvalue weighted by atomic mass is 19.1. The first-order valence-corrected chi connectivity index (χ1v) is 9.17. The molecule has 0 spiro atoms. The van der Waals surface area contributed by atoms with Crippen molar-refractivity contribution in [1.82, 2.24) is 25.2 Å². The highest BCUT2D eigenvalue weighted by molar-refractivity contribution is 6.07. The van der Waals surface area contributed by atoms with Gasteiger partial charge >= 0.3 is 0 Å². The molecule has 3 heterocycles. The van der Waals surface area contributed by atoms with Gasteiger partial charge in [-0.3, -0.25) is 9.48 Å². The molecule has 1 N–H and O–H groups in total. The van der Waals surface area contributed by atoms with E-state index in [1.807, 2.05) is 27.1 Å². The molecule has 1 amide bonds. The van der Waals surface area contributed by atoms with Crippen LogP contribution in [0.5, 0.6) is 0 Å². The first-order chi connectivity index (χ1) is 13.8. The third-order valence-corrected chi connectivity index (χ3v) is 4.87. The van der Waals surface area contributed by atoms with Crippen molar-refractivity contribution in [3.63, 3.8) is 0 Å². The molecule has 4 aromatic rings. The van der Waals surface area contributed by atoms with Crippen molar-refractivity contribution in [3.05, 3.63) is 64.9 Å². The number of nitrogens with one attached hydrogen (secondary N) is 1. The van der Waals surface area contributed by atoms with E-state index in [1.54, 1.807) is 29.8 Å². The van der Waals surface area contributed by atoms with Gasteiger partial charge < -0.3 is 9.84 Å². The van der Waals surface area contributed by atoms with Crippen LogP contribution in [0.25, 0.3) is 22.4 Å². The van der Waals surface area contributed by atoms with Crippen LogP contribution in [0.2, 0.25) is 0 Å². The van der Waals surface area contributed by atoms with Crippen LogP contribution < -0.4 is 5.32 Å². The van der Waals surface area contributed by atoms with Gasteiger partial charge in [-0.2, -0.15) is 5.10 Å².